The average molecular weight is 567 g/mol. The van der Waals surface area contributed by atoms with E-state index in [4.69, 9.17) is 9.11 Å². The Bertz CT molecular complexity index is 1490. The molecule has 171 valence electrons. The molecule has 0 saturated carbocycles. The van der Waals surface area contributed by atoms with E-state index in [2.05, 4.69) is 15.3 Å². The maximum absolute atomic E-state index is 12.6. The number of carbonyl (C=O) groups is 1. The summed E-state index contributed by atoms with van der Waals surface area (Å²) in [7, 11) is -8.87. The zero-order chi connectivity index (χ0) is 23.0. The summed E-state index contributed by atoms with van der Waals surface area (Å²) in [5.74, 6) is -1.53. The summed E-state index contributed by atoms with van der Waals surface area (Å²) < 4.78 is 63.1. The van der Waals surface area contributed by atoms with Crippen LogP contribution in [0.1, 0.15) is 14.8 Å². The van der Waals surface area contributed by atoms with Gasteiger partial charge in [0.15, 0.2) is 11.4 Å². The van der Waals surface area contributed by atoms with Gasteiger partial charge in [0, 0.05) is 17.4 Å². The van der Waals surface area contributed by atoms with Gasteiger partial charge in [0.25, 0.3) is 25.8 Å². The van der Waals surface area contributed by atoms with Crippen LogP contribution >= 0.6 is 0 Å². The van der Waals surface area contributed by atoms with Crippen molar-refractivity contribution in [2.24, 2.45) is 10.2 Å². The fourth-order valence-corrected chi connectivity index (χ4v) is 3.37. The zero-order valence-electron chi connectivity index (χ0n) is 21.6. The van der Waals surface area contributed by atoms with Gasteiger partial charge >= 0.3 is 94.6 Å². The van der Waals surface area contributed by atoms with Crippen molar-refractivity contribution < 1.29 is 129 Å². The van der Waals surface area contributed by atoms with Crippen LogP contribution in [0.3, 0.4) is 0 Å². The Labute approximate surface area is 280 Å². The van der Waals surface area contributed by atoms with Gasteiger partial charge in [-0.05, 0) is 48.5 Å². The van der Waals surface area contributed by atoms with Crippen LogP contribution in [0.25, 0.3) is 5.69 Å². The van der Waals surface area contributed by atoms with Crippen LogP contribution in [-0.4, -0.2) is 64.2 Å². The molecule has 0 unspecified atom stereocenters. The van der Waals surface area contributed by atoms with Crippen LogP contribution in [0, 0.1) is 0 Å². The summed E-state index contributed by atoms with van der Waals surface area (Å²) >= 11 is 0. The second kappa shape index (κ2) is 14.7. The number of benzene rings is 2. The van der Waals surface area contributed by atoms with Crippen molar-refractivity contribution >= 4 is 54.9 Å². The molecular formula is C16H15AlN4Na3O9S2. The number of nitrogens with one attached hydrogen (secondary N) is 1. The number of hydrogen-bond acceptors (Lipinski definition) is 8. The molecule has 0 amide bonds. The monoisotopic (exact) mass is 567 g/mol. The molecule has 0 bridgehead atoms. The molecule has 2 aromatic carbocycles. The molecule has 13 nitrogen and oxygen atoms in total. The van der Waals surface area contributed by atoms with Crippen molar-refractivity contribution in [3.05, 3.63) is 64.6 Å². The van der Waals surface area contributed by atoms with E-state index in [0.29, 0.717) is 0 Å². The first-order valence-corrected chi connectivity index (χ1v) is 10.9. The van der Waals surface area contributed by atoms with Crippen molar-refractivity contribution in [1.82, 2.24) is 9.78 Å². The zero-order valence-corrected chi connectivity index (χ0v) is 27.4. The van der Waals surface area contributed by atoms with Crippen LogP contribution in [0.15, 0.2) is 73.3 Å². The minimum absolute atomic E-state index is 0. The molecule has 4 N–H and O–H groups in total. The number of rotatable bonds is 6. The molecule has 0 saturated heterocycles. The number of aromatic amines is 1. The summed E-state index contributed by atoms with van der Waals surface area (Å²) in [6.07, 6.45) is 0. The number of hydrogen-bond donors (Lipinski definition) is 4. The standard InChI is InChI=1S/C16H12N4O9S2.Al.3Na.3H/c21-15-13(18-17-9-1-5-11(6-2-9)30(24,25)26)14(16(22)23)19-20(15)10-3-7-12(8-4-10)31(27,28)29;;;;;;;/h1-8,19H,(H,22,23)(H,24,25,26)(H,27,28,29);;;;;;;/q;;3*+1;3*-1. The summed E-state index contributed by atoms with van der Waals surface area (Å²) in [5, 5.41) is 19.0. The fourth-order valence-electron chi connectivity index (χ4n) is 2.41. The summed E-state index contributed by atoms with van der Waals surface area (Å²) in [6, 6.07) is 8.75. The van der Waals surface area contributed by atoms with Crippen molar-refractivity contribution in [3.63, 3.8) is 0 Å². The number of H-pyrrole nitrogens is 1. The van der Waals surface area contributed by atoms with Crippen LogP contribution < -0.4 is 94.2 Å². The third-order valence-electron chi connectivity index (χ3n) is 3.87. The number of aromatic carboxylic acids is 1. The van der Waals surface area contributed by atoms with Gasteiger partial charge in [-0.3, -0.25) is 19.0 Å². The first kappa shape index (κ1) is 37.0. The molecule has 0 aliphatic heterocycles. The van der Waals surface area contributed by atoms with Gasteiger partial charge in [0.05, 0.1) is 21.2 Å². The van der Waals surface area contributed by atoms with E-state index in [1.807, 2.05) is 0 Å². The molecule has 3 rings (SSSR count). The Morgan fingerprint density at radius 3 is 1.66 bits per heavy atom. The molecule has 1 aromatic heterocycles. The molecule has 0 aliphatic rings. The van der Waals surface area contributed by atoms with Gasteiger partial charge in [-0.2, -0.15) is 21.9 Å². The number of nitrogens with zero attached hydrogens (tertiary/aromatic N) is 3. The van der Waals surface area contributed by atoms with Gasteiger partial charge in [-0.1, -0.05) is 0 Å². The first-order valence-electron chi connectivity index (χ1n) is 8.03. The second-order valence-electron chi connectivity index (χ2n) is 5.92. The molecule has 0 atom stereocenters. The Hall–Kier alpha value is -0.128. The quantitative estimate of drug-likeness (QED) is 0.127. The van der Waals surface area contributed by atoms with Crippen LogP contribution in [0.2, 0.25) is 0 Å². The molecular weight excluding hydrogens is 552 g/mol. The van der Waals surface area contributed by atoms with E-state index in [1.54, 1.807) is 0 Å². The van der Waals surface area contributed by atoms with Crippen molar-refractivity contribution in [2.45, 2.75) is 9.79 Å². The van der Waals surface area contributed by atoms with Crippen LogP contribution in [0.5, 0.6) is 0 Å². The largest absolute Gasteiger partial charge is 1.00 e. The fraction of sp³-hybridized carbons (Fsp3) is 0. The number of carboxylic acid groups (broad SMARTS) is 1. The Morgan fingerprint density at radius 1 is 0.829 bits per heavy atom. The predicted molar refractivity (Wildman–Crippen MR) is 113 cm³/mol. The van der Waals surface area contributed by atoms with E-state index in [1.165, 1.54) is 12.1 Å². The molecule has 0 fully saturated rings. The molecule has 35 heavy (non-hydrogen) atoms. The molecule has 1 heterocycles. The van der Waals surface area contributed by atoms with Crippen molar-refractivity contribution in [2.75, 3.05) is 0 Å². The maximum atomic E-state index is 12.6. The second-order valence-corrected chi connectivity index (χ2v) is 8.76. The number of aromatic nitrogens is 2. The van der Waals surface area contributed by atoms with Gasteiger partial charge in [-0.25, -0.2) is 9.48 Å². The predicted octanol–water partition coefficient (Wildman–Crippen LogP) is -7.26. The summed E-state index contributed by atoms with van der Waals surface area (Å²) in [5.41, 5.74) is -1.99. The summed E-state index contributed by atoms with van der Waals surface area (Å²) in [4.78, 5) is 23.3. The Kier molecular flexibility index (Phi) is 15.6. The van der Waals surface area contributed by atoms with Gasteiger partial charge < -0.3 is 9.39 Å². The normalized spacial score (nSPS) is 10.9. The average Bonchev–Trinajstić information content (AvgIpc) is 3.02. The molecule has 3 aromatic rings. The third kappa shape index (κ3) is 9.29. The van der Waals surface area contributed by atoms with Gasteiger partial charge in [0.1, 0.15) is 0 Å². The minimum atomic E-state index is -4.46. The van der Waals surface area contributed by atoms with Gasteiger partial charge in [0.2, 0.25) is 0 Å². The van der Waals surface area contributed by atoms with Crippen LogP contribution in [0.4, 0.5) is 11.4 Å². The topological polar surface area (TPSA) is 209 Å². The van der Waals surface area contributed by atoms with Crippen LogP contribution in [-0.2, 0) is 20.2 Å². The smallest absolute Gasteiger partial charge is 1.00 e. The Morgan fingerprint density at radius 2 is 1.26 bits per heavy atom. The minimum Gasteiger partial charge on any atom is -1.00 e. The van der Waals surface area contributed by atoms with Gasteiger partial charge in [-0.15, -0.1) is 5.11 Å². The van der Waals surface area contributed by atoms with Crippen molar-refractivity contribution in [3.8, 4) is 5.69 Å². The third-order valence-corrected chi connectivity index (χ3v) is 5.61. The van der Waals surface area contributed by atoms with E-state index >= 15 is 0 Å². The van der Waals surface area contributed by atoms with E-state index in [0.717, 1.165) is 41.1 Å². The molecule has 19 heteroatoms. The van der Waals surface area contributed by atoms with E-state index < -0.39 is 52.9 Å². The van der Waals surface area contributed by atoms with E-state index in [9.17, 15) is 31.5 Å². The number of carboxylic acids is 1. The van der Waals surface area contributed by atoms with E-state index in [-0.39, 0.29) is 122 Å². The molecule has 0 spiro atoms. The SMILES string of the molecule is O=C(O)c1[nH]n(-c2ccc(S(=O)(=O)O)cc2)c(=O)c1N=Nc1ccc(S(=O)(=O)O)cc1.[Al].[H-].[H-].[H-].[Na+].[Na+].[Na+]. The number of azo groups is 1. The Balaban J connectivity index is -0.000000519. The molecule has 3 radical (unpaired) electrons. The summed E-state index contributed by atoms with van der Waals surface area (Å²) in [6.45, 7) is 0. The van der Waals surface area contributed by atoms with Crippen molar-refractivity contribution in [1.29, 1.82) is 0 Å². The molecule has 0 aliphatic carbocycles. The first-order chi connectivity index (χ1) is 14.4. The maximum Gasteiger partial charge on any atom is 1.00 e.